The molecule has 0 saturated heterocycles. The SMILES string of the molecule is O=C(Nc1ccc(S)cc1)c1cccc(Cl)c1Cl. The van der Waals surface area contributed by atoms with Gasteiger partial charge in [0.25, 0.3) is 5.91 Å². The average molecular weight is 298 g/mol. The van der Waals surface area contributed by atoms with E-state index in [9.17, 15) is 4.79 Å². The minimum atomic E-state index is -0.297. The van der Waals surface area contributed by atoms with Crippen LogP contribution in [0.25, 0.3) is 0 Å². The van der Waals surface area contributed by atoms with E-state index in [4.69, 9.17) is 23.2 Å². The van der Waals surface area contributed by atoms with Crippen LogP contribution in [0.15, 0.2) is 47.4 Å². The molecular weight excluding hydrogens is 289 g/mol. The average Bonchev–Trinajstić information content (AvgIpc) is 2.35. The number of carbonyl (C=O) groups excluding carboxylic acids is 1. The van der Waals surface area contributed by atoms with Crippen LogP contribution in [0.1, 0.15) is 10.4 Å². The predicted molar refractivity (Wildman–Crippen MR) is 78.1 cm³/mol. The summed E-state index contributed by atoms with van der Waals surface area (Å²) in [5.41, 5.74) is 1.02. The molecular formula is C13H9Cl2NOS. The van der Waals surface area contributed by atoms with Crippen LogP contribution in [0.5, 0.6) is 0 Å². The number of nitrogens with one attached hydrogen (secondary N) is 1. The van der Waals surface area contributed by atoms with E-state index in [1.165, 1.54) is 0 Å². The van der Waals surface area contributed by atoms with Gasteiger partial charge in [0.05, 0.1) is 15.6 Å². The van der Waals surface area contributed by atoms with Crippen molar-refractivity contribution < 1.29 is 4.79 Å². The van der Waals surface area contributed by atoms with Crippen molar-refractivity contribution in [1.82, 2.24) is 0 Å². The van der Waals surface area contributed by atoms with E-state index in [1.54, 1.807) is 42.5 Å². The van der Waals surface area contributed by atoms with Gasteiger partial charge < -0.3 is 5.32 Å². The normalized spacial score (nSPS) is 10.2. The van der Waals surface area contributed by atoms with Crippen molar-refractivity contribution >= 4 is 47.4 Å². The number of hydrogen-bond acceptors (Lipinski definition) is 2. The lowest BCUT2D eigenvalue weighted by Gasteiger charge is -2.07. The first-order chi connectivity index (χ1) is 8.58. The van der Waals surface area contributed by atoms with Gasteiger partial charge in [-0.15, -0.1) is 12.6 Å². The van der Waals surface area contributed by atoms with Gasteiger partial charge in [0.15, 0.2) is 0 Å². The first kappa shape index (κ1) is 13.3. The van der Waals surface area contributed by atoms with E-state index < -0.39 is 0 Å². The number of carbonyl (C=O) groups is 1. The van der Waals surface area contributed by atoms with Crippen molar-refractivity contribution in [3.63, 3.8) is 0 Å². The number of amides is 1. The molecule has 2 nitrogen and oxygen atoms in total. The fourth-order valence-electron chi connectivity index (χ4n) is 1.42. The zero-order valence-electron chi connectivity index (χ0n) is 9.15. The molecule has 0 aliphatic heterocycles. The molecule has 2 rings (SSSR count). The molecule has 0 aromatic heterocycles. The summed E-state index contributed by atoms with van der Waals surface area (Å²) >= 11 is 16.0. The van der Waals surface area contributed by atoms with Crippen molar-refractivity contribution in [1.29, 1.82) is 0 Å². The molecule has 0 heterocycles. The maximum absolute atomic E-state index is 12.0. The summed E-state index contributed by atoms with van der Waals surface area (Å²) in [7, 11) is 0. The monoisotopic (exact) mass is 297 g/mol. The number of benzene rings is 2. The van der Waals surface area contributed by atoms with E-state index >= 15 is 0 Å². The highest BCUT2D eigenvalue weighted by Gasteiger charge is 2.12. The van der Waals surface area contributed by atoms with Crippen LogP contribution in [0.4, 0.5) is 5.69 Å². The Morgan fingerprint density at radius 2 is 1.72 bits per heavy atom. The number of halogens is 2. The predicted octanol–water partition coefficient (Wildman–Crippen LogP) is 4.53. The Balaban J connectivity index is 2.22. The topological polar surface area (TPSA) is 29.1 Å². The molecule has 92 valence electrons. The second-order valence-electron chi connectivity index (χ2n) is 3.60. The molecule has 1 N–H and O–H groups in total. The van der Waals surface area contributed by atoms with Gasteiger partial charge in [-0.25, -0.2) is 0 Å². The molecule has 0 unspecified atom stereocenters. The number of anilines is 1. The zero-order valence-corrected chi connectivity index (χ0v) is 11.6. The Bertz CT molecular complexity index is 584. The molecule has 0 aliphatic rings. The van der Waals surface area contributed by atoms with Gasteiger partial charge in [0.1, 0.15) is 0 Å². The Morgan fingerprint density at radius 3 is 2.39 bits per heavy atom. The molecule has 0 fully saturated rings. The van der Waals surface area contributed by atoms with Crippen molar-refractivity contribution in [3.8, 4) is 0 Å². The summed E-state index contributed by atoms with van der Waals surface area (Å²) in [6, 6.07) is 12.0. The van der Waals surface area contributed by atoms with E-state index in [-0.39, 0.29) is 10.9 Å². The summed E-state index contributed by atoms with van der Waals surface area (Å²) in [5.74, 6) is -0.297. The second kappa shape index (κ2) is 5.65. The van der Waals surface area contributed by atoms with E-state index in [1.807, 2.05) is 0 Å². The number of rotatable bonds is 2. The fourth-order valence-corrected chi connectivity index (χ4v) is 1.96. The highest BCUT2D eigenvalue weighted by atomic mass is 35.5. The Hall–Kier alpha value is -1.16. The van der Waals surface area contributed by atoms with Gasteiger partial charge in [0, 0.05) is 10.6 Å². The Kier molecular flexibility index (Phi) is 4.17. The quantitative estimate of drug-likeness (QED) is 0.783. The number of hydrogen-bond donors (Lipinski definition) is 2. The number of thiol groups is 1. The third-order valence-corrected chi connectivity index (χ3v) is 3.44. The maximum atomic E-state index is 12.0. The van der Waals surface area contributed by atoms with Crippen LogP contribution in [-0.4, -0.2) is 5.91 Å². The summed E-state index contributed by atoms with van der Waals surface area (Å²) < 4.78 is 0. The third kappa shape index (κ3) is 2.99. The molecule has 0 saturated carbocycles. The van der Waals surface area contributed by atoms with Crippen LogP contribution < -0.4 is 5.32 Å². The molecule has 0 atom stereocenters. The lowest BCUT2D eigenvalue weighted by Crippen LogP contribution is -2.12. The maximum Gasteiger partial charge on any atom is 0.257 e. The van der Waals surface area contributed by atoms with E-state index in [0.717, 1.165) is 4.90 Å². The summed E-state index contributed by atoms with van der Waals surface area (Å²) in [6.07, 6.45) is 0. The highest BCUT2D eigenvalue weighted by Crippen LogP contribution is 2.26. The van der Waals surface area contributed by atoms with Crippen LogP contribution in [0, 0.1) is 0 Å². The minimum Gasteiger partial charge on any atom is -0.322 e. The minimum absolute atomic E-state index is 0.252. The molecule has 0 spiro atoms. The van der Waals surface area contributed by atoms with E-state index in [0.29, 0.717) is 16.3 Å². The molecule has 2 aromatic rings. The zero-order chi connectivity index (χ0) is 13.1. The second-order valence-corrected chi connectivity index (χ2v) is 4.90. The van der Waals surface area contributed by atoms with Crippen LogP contribution in [0.2, 0.25) is 10.0 Å². The van der Waals surface area contributed by atoms with Gasteiger partial charge in [-0.05, 0) is 36.4 Å². The van der Waals surface area contributed by atoms with Gasteiger partial charge >= 0.3 is 0 Å². The molecule has 2 aromatic carbocycles. The Labute approximate surface area is 120 Å². The standard InChI is InChI=1S/C13H9Cl2NOS/c14-11-3-1-2-10(12(11)15)13(17)16-8-4-6-9(18)7-5-8/h1-7,18H,(H,16,17). The van der Waals surface area contributed by atoms with Crippen LogP contribution in [-0.2, 0) is 0 Å². The van der Waals surface area contributed by atoms with Crippen molar-refractivity contribution in [3.05, 3.63) is 58.1 Å². The first-order valence-electron chi connectivity index (χ1n) is 5.12. The summed E-state index contributed by atoms with van der Waals surface area (Å²) in [4.78, 5) is 12.8. The smallest absolute Gasteiger partial charge is 0.257 e. The lowest BCUT2D eigenvalue weighted by atomic mass is 10.2. The van der Waals surface area contributed by atoms with Gasteiger partial charge in [-0.1, -0.05) is 29.3 Å². The molecule has 18 heavy (non-hydrogen) atoms. The highest BCUT2D eigenvalue weighted by molar-refractivity contribution is 7.80. The van der Waals surface area contributed by atoms with Crippen molar-refractivity contribution in [2.75, 3.05) is 5.32 Å². The van der Waals surface area contributed by atoms with Gasteiger partial charge in [-0.2, -0.15) is 0 Å². The molecule has 0 aliphatic carbocycles. The first-order valence-corrected chi connectivity index (χ1v) is 6.32. The summed E-state index contributed by atoms with van der Waals surface area (Å²) in [5, 5.41) is 3.35. The van der Waals surface area contributed by atoms with Crippen LogP contribution in [0.3, 0.4) is 0 Å². The van der Waals surface area contributed by atoms with Gasteiger partial charge in [-0.3, -0.25) is 4.79 Å². The van der Waals surface area contributed by atoms with Crippen molar-refractivity contribution in [2.45, 2.75) is 4.90 Å². The summed E-state index contributed by atoms with van der Waals surface area (Å²) in [6.45, 7) is 0. The molecule has 5 heteroatoms. The van der Waals surface area contributed by atoms with E-state index in [2.05, 4.69) is 17.9 Å². The molecule has 0 radical (unpaired) electrons. The van der Waals surface area contributed by atoms with Crippen LogP contribution >= 0.6 is 35.8 Å². The largest absolute Gasteiger partial charge is 0.322 e. The third-order valence-electron chi connectivity index (χ3n) is 2.32. The van der Waals surface area contributed by atoms with Gasteiger partial charge in [0.2, 0.25) is 0 Å². The van der Waals surface area contributed by atoms with Crippen molar-refractivity contribution in [2.24, 2.45) is 0 Å². The fraction of sp³-hybridized carbons (Fsp3) is 0. The molecule has 1 amide bonds. The lowest BCUT2D eigenvalue weighted by molar-refractivity contribution is 0.102. The Morgan fingerprint density at radius 1 is 1.06 bits per heavy atom. The molecule has 0 bridgehead atoms.